The number of nitrogens with zero attached hydrogens (tertiary/aromatic N) is 2. The van der Waals surface area contributed by atoms with E-state index in [0.29, 0.717) is 6.61 Å². The molecule has 0 fully saturated rings. The quantitative estimate of drug-likeness (QED) is 0.639. The minimum absolute atomic E-state index is 0.667. The Kier molecular flexibility index (Phi) is 4.88. The monoisotopic (exact) mass is 196 g/mol. The molecular formula is C9H16N4O. The molecule has 1 heterocycles. The fourth-order valence-corrected chi connectivity index (χ4v) is 1.000. The van der Waals surface area contributed by atoms with Crippen molar-refractivity contribution in [1.82, 2.24) is 15.3 Å². The molecule has 0 unspecified atom stereocenters. The Bertz CT molecular complexity index is 249. The molecule has 14 heavy (non-hydrogen) atoms. The van der Waals surface area contributed by atoms with Crippen LogP contribution in [0.15, 0.2) is 12.4 Å². The van der Waals surface area contributed by atoms with E-state index in [4.69, 9.17) is 4.74 Å². The van der Waals surface area contributed by atoms with Gasteiger partial charge in [0, 0.05) is 20.2 Å². The molecule has 5 heteroatoms. The smallest absolute Gasteiger partial charge is 0.144 e. The van der Waals surface area contributed by atoms with Gasteiger partial charge in [0.25, 0.3) is 0 Å². The number of hydrogen-bond acceptors (Lipinski definition) is 5. The lowest BCUT2D eigenvalue weighted by Gasteiger charge is -2.04. The van der Waals surface area contributed by atoms with E-state index < -0.39 is 0 Å². The second-order valence-corrected chi connectivity index (χ2v) is 2.84. The molecule has 0 aliphatic heterocycles. The van der Waals surface area contributed by atoms with Crippen molar-refractivity contribution >= 4 is 5.82 Å². The third kappa shape index (κ3) is 3.68. The van der Waals surface area contributed by atoms with Gasteiger partial charge in [0.05, 0.1) is 24.7 Å². The molecule has 1 rings (SSSR count). The van der Waals surface area contributed by atoms with Crippen LogP contribution in [0.2, 0.25) is 0 Å². The van der Waals surface area contributed by atoms with Gasteiger partial charge in [-0.2, -0.15) is 0 Å². The topological polar surface area (TPSA) is 59.1 Å². The molecule has 1 aromatic rings. The maximum atomic E-state index is 4.91. The van der Waals surface area contributed by atoms with E-state index in [-0.39, 0.29) is 0 Å². The number of hydrogen-bond donors (Lipinski definition) is 2. The molecule has 0 saturated heterocycles. The van der Waals surface area contributed by atoms with Crippen LogP contribution in [0, 0.1) is 0 Å². The highest BCUT2D eigenvalue weighted by Crippen LogP contribution is 1.99. The van der Waals surface area contributed by atoms with Gasteiger partial charge >= 0.3 is 0 Å². The molecule has 0 bridgehead atoms. The molecule has 0 atom stereocenters. The fraction of sp³-hybridized carbons (Fsp3) is 0.556. The number of methoxy groups -OCH3 is 1. The van der Waals surface area contributed by atoms with Crippen molar-refractivity contribution in [3.8, 4) is 0 Å². The predicted octanol–water partition coefficient (Wildman–Crippen LogP) is 0.254. The first-order valence-electron chi connectivity index (χ1n) is 4.55. The zero-order chi connectivity index (χ0) is 10.2. The summed E-state index contributed by atoms with van der Waals surface area (Å²) in [5.41, 5.74) is 0.935. The summed E-state index contributed by atoms with van der Waals surface area (Å²) >= 11 is 0. The van der Waals surface area contributed by atoms with Crippen molar-refractivity contribution in [3.63, 3.8) is 0 Å². The van der Waals surface area contributed by atoms with E-state index >= 15 is 0 Å². The Morgan fingerprint density at radius 2 is 2.21 bits per heavy atom. The number of nitrogens with one attached hydrogen (secondary N) is 2. The first kappa shape index (κ1) is 10.9. The van der Waals surface area contributed by atoms with Crippen molar-refractivity contribution in [2.45, 2.75) is 6.54 Å². The van der Waals surface area contributed by atoms with Gasteiger partial charge in [-0.15, -0.1) is 0 Å². The van der Waals surface area contributed by atoms with E-state index in [1.54, 1.807) is 19.5 Å². The summed E-state index contributed by atoms with van der Waals surface area (Å²) in [6.07, 6.45) is 3.48. The Morgan fingerprint density at radius 1 is 1.36 bits per heavy atom. The number of rotatable bonds is 6. The molecule has 0 aromatic carbocycles. The zero-order valence-corrected chi connectivity index (χ0v) is 8.58. The van der Waals surface area contributed by atoms with Crippen molar-refractivity contribution in [1.29, 1.82) is 0 Å². The highest BCUT2D eigenvalue weighted by atomic mass is 16.5. The van der Waals surface area contributed by atoms with Crippen LogP contribution in [0.1, 0.15) is 5.69 Å². The minimum atomic E-state index is 0.667. The number of ether oxygens (including phenoxy) is 1. The first-order valence-corrected chi connectivity index (χ1v) is 4.55. The van der Waals surface area contributed by atoms with E-state index in [9.17, 15) is 0 Å². The lowest BCUT2D eigenvalue weighted by atomic mass is 10.4. The molecule has 1 aromatic heterocycles. The normalized spacial score (nSPS) is 10.1. The van der Waals surface area contributed by atoms with Crippen LogP contribution in [0.3, 0.4) is 0 Å². The van der Waals surface area contributed by atoms with E-state index in [1.807, 2.05) is 7.05 Å². The summed E-state index contributed by atoms with van der Waals surface area (Å²) in [7, 11) is 3.55. The predicted molar refractivity (Wildman–Crippen MR) is 55.2 cm³/mol. The van der Waals surface area contributed by atoms with Gasteiger partial charge in [-0.05, 0) is 7.05 Å². The molecular weight excluding hydrogens is 180 g/mol. The lowest BCUT2D eigenvalue weighted by molar-refractivity contribution is 0.210. The van der Waals surface area contributed by atoms with Gasteiger partial charge in [0.1, 0.15) is 5.82 Å². The number of anilines is 1. The minimum Gasteiger partial charge on any atom is -0.383 e. The van der Waals surface area contributed by atoms with Crippen molar-refractivity contribution in [2.75, 3.05) is 32.6 Å². The summed E-state index contributed by atoms with van der Waals surface area (Å²) in [5.74, 6) is 0.780. The zero-order valence-electron chi connectivity index (χ0n) is 8.58. The molecule has 0 amide bonds. The van der Waals surface area contributed by atoms with Crippen LogP contribution in [-0.2, 0) is 11.3 Å². The van der Waals surface area contributed by atoms with Gasteiger partial charge in [-0.3, -0.25) is 4.98 Å². The molecule has 0 spiro atoms. The lowest BCUT2D eigenvalue weighted by Crippen LogP contribution is -2.11. The van der Waals surface area contributed by atoms with Crippen LogP contribution < -0.4 is 10.6 Å². The highest BCUT2D eigenvalue weighted by molar-refractivity contribution is 5.30. The third-order valence-electron chi connectivity index (χ3n) is 1.68. The Hall–Kier alpha value is -1.20. The Morgan fingerprint density at radius 3 is 2.79 bits per heavy atom. The van der Waals surface area contributed by atoms with Gasteiger partial charge in [-0.25, -0.2) is 4.98 Å². The average Bonchev–Trinajstić information content (AvgIpc) is 2.21. The van der Waals surface area contributed by atoms with E-state index in [1.165, 1.54) is 0 Å². The SMILES string of the molecule is CNCc1cnc(NCCOC)cn1. The summed E-state index contributed by atoms with van der Waals surface area (Å²) in [6, 6.07) is 0. The highest BCUT2D eigenvalue weighted by Gasteiger charge is 1.95. The second-order valence-electron chi connectivity index (χ2n) is 2.84. The molecule has 0 aliphatic rings. The van der Waals surface area contributed by atoms with Crippen LogP contribution >= 0.6 is 0 Å². The standard InChI is InChI=1S/C9H16N4O/c1-10-5-8-6-13-9(7-12-8)11-3-4-14-2/h6-7,10H,3-5H2,1-2H3,(H,11,13). The maximum Gasteiger partial charge on any atom is 0.144 e. The van der Waals surface area contributed by atoms with Crippen molar-refractivity contribution in [3.05, 3.63) is 18.1 Å². The number of aromatic nitrogens is 2. The van der Waals surface area contributed by atoms with Crippen LogP contribution in [0.25, 0.3) is 0 Å². The van der Waals surface area contributed by atoms with Crippen LogP contribution in [0.4, 0.5) is 5.82 Å². The second kappa shape index (κ2) is 6.28. The van der Waals surface area contributed by atoms with E-state index in [0.717, 1.165) is 24.6 Å². The summed E-state index contributed by atoms with van der Waals surface area (Å²) in [6.45, 7) is 2.15. The molecule has 2 N–H and O–H groups in total. The van der Waals surface area contributed by atoms with Crippen molar-refractivity contribution < 1.29 is 4.74 Å². The van der Waals surface area contributed by atoms with Gasteiger partial charge in [-0.1, -0.05) is 0 Å². The molecule has 0 radical (unpaired) electrons. The van der Waals surface area contributed by atoms with Crippen LogP contribution in [-0.4, -0.2) is 37.3 Å². The first-order chi connectivity index (χ1) is 6.86. The molecule has 0 aliphatic carbocycles. The fourth-order valence-electron chi connectivity index (χ4n) is 1.000. The molecule has 78 valence electrons. The molecule has 0 saturated carbocycles. The van der Waals surface area contributed by atoms with Crippen molar-refractivity contribution in [2.24, 2.45) is 0 Å². The third-order valence-corrected chi connectivity index (χ3v) is 1.68. The summed E-state index contributed by atoms with van der Waals surface area (Å²) in [5, 5.41) is 6.11. The van der Waals surface area contributed by atoms with Gasteiger partial charge in [0.15, 0.2) is 0 Å². The maximum absolute atomic E-state index is 4.91. The average molecular weight is 196 g/mol. The van der Waals surface area contributed by atoms with Gasteiger partial charge < -0.3 is 15.4 Å². The Labute approximate surface area is 83.9 Å². The van der Waals surface area contributed by atoms with E-state index in [2.05, 4.69) is 20.6 Å². The molecule has 5 nitrogen and oxygen atoms in total. The summed E-state index contributed by atoms with van der Waals surface area (Å²) in [4.78, 5) is 8.42. The van der Waals surface area contributed by atoms with Gasteiger partial charge in [0.2, 0.25) is 0 Å². The largest absolute Gasteiger partial charge is 0.383 e. The summed E-state index contributed by atoms with van der Waals surface area (Å²) < 4.78 is 4.91. The Balaban J connectivity index is 2.38. The van der Waals surface area contributed by atoms with Crippen LogP contribution in [0.5, 0.6) is 0 Å².